The largest absolute Gasteiger partial charge is 0.467 e. The third-order valence-electron chi connectivity index (χ3n) is 5.96. The zero-order chi connectivity index (χ0) is 27.4. The van der Waals surface area contributed by atoms with Crippen LogP contribution in [0, 0.1) is 11.7 Å². The van der Waals surface area contributed by atoms with Crippen LogP contribution in [0.4, 0.5) is 9.18 Å². The molecule has 1 amide bonds. The van der Waals surface area contributed by atoms with Crippen molar-refractivity contribution in [2.24, 2.45) is 5.92 Å². The summed E-state index contributed by atoms with van der Waals surface area (Å²) in [7, 11) is 1.25. The number of aryl methyl sites for hydroxylation is 1. The number of hydrogen-bond acceptors (Lipinski definition) is 6. The Kier molecular flexibility index (Phi) is 12.0. The van der Waals surface area contributed by atoms with Crippen molar-refractivity contribution in [2.75, 3.05) is 13.7 Å². The van der Waals surface area contributed by atoms with E-state index in [9.17, 15) is 19.1 Å². The molecule has 2 N–H and O–H groups in total. The lowest BCUT2D eigenvalue weighted by Gasteiger charge is -2.30. The second-order valence-electron chi connectivity index (χ2n) is 10.2. The van der Waals surface area contributed by atoms with Gasteiger partial charge < -0.3 is 24.6 Å². The number of alkyl carbamates (subject to hydrolysis) is 1. The maximum atomic E-state index is 13.4. The molecule has 0 aromatic heterocycles. The molecule has 1 unspecified atom stereocenters. The minimum Gasteiger partial charge on any atom is -0.467 e. The number of carbonyl (C=O) groups excluding carboxylic acids is 2. The third-order valence-corrected chi connectivity index (χ3v) is 5.96. The van der Waals surface area contributed by atoms with Crippen LogP contribution in [0.3, 0.4) is 0 Å². The summed E-state index contributed by atoms with van der Waals surface area (Å²) in [6.07, 6.45) is 0.247. The summed E-state index contributed by atoms with van der Waals surface area (Å²) >= 11 is 0. The van der Waals surface area contributed by atoms with Gasteiger partial charge in [-0.2, -0.15) is 0 Å². The Hall–Kier alpha value is -2.97. The number of amides is 1. The monoisotopic (exact) mass is 517 g/mol. The van der Waals surface area contributed by atoms with Crippen molar-refractivity contribution in [3.63, 3.8) is 0 Å². The lowest BCUT2D eigenvalue weighted by atomic mass is 9.86. The van der Waals surface area contributed by atoms with Crippen molar-refractivity contribution in [1.82, 2.24) is 5.32 Å². The van der Waals surface area contributed by atoms with Crippen LogP contribution in [0.5, 0.6) is 0 Å². The first-order valence-corrected chi connectivity index (χ1v) is 12.6. The van der Waals surface area contributed by atoms with E-state index in [2.05, 4.69) is 5.32 Å². The maximum Gasteiger partial charge on any atom is 0.408 e. The van der Waals surface area contributed by atoms with E-state index < -0.39 is 29.8 Å². The molecule has 2 rings (SSSR count). The van der Waals surface area contributed by atoms with Crippen LogP contribution in [0.1, 0.15) is 51.7 Å². The van der Waals surface area contributed by atoms with Gasteiger partial charge in [0.1, 0.15) is 17.5 Å². The molecule has 2 aromatic carbocycles. The molecule has 7 nitrogen and oxygen atoms in total. The fourth-order valence-corrected chi connectivity index (χ4v) is 4.06. The van der Waals surface area contributed by atoms with E-state index in [0.29, 0.717) is 12.8 Å². The van der Waals surface area contributed by atoms with Crippen molar-refractivity contribution in [1.29, 1.82) is 0 Å². The molecule has 0 bridgehead atoms. The van der Waals surface area contributed by atoms with Crippen LogP contribution in [-0.4, -0.2) is 54.7 Å². The zero-order valence-corrected chi connectivity index (χ0v) is 22.4. The number of carbonyl (C=O) groups is 2. The molecule has 4 atom stereocenters. The fraction of sp³-hybridized carbons (Fsp3) is 0.517. The van der Waals surface area contributed by atoms with Gasteiger partial charge in [-0.1, -0.05) is 42.5 Å². The van der Waals surface area contributed by atoms with Gasteiger partial charge in [-0.3, -0.25) is 0 Å². The summed E-state index contributed by atoms with van der Waals surface area (Å²) in [6, 6.07) is 15.2. The Morgan fingerprint density at radius 3 is 2.22 bits per heavy atom. The van der Waals surface area contributed by atoms with Crippen LogP contribution >= 0.6 is 0 Å². The highest BCUT2D eigenvalue weighted by Gasteiger charge is 2.29. The number of nitrogens with one attached hydrogen (secondary N) is 1. The molecule has 0 heterocycles. The van der Waals surface area contributed by atoms with E-state index in [0.717, 1.165) is 17.5 Å². The topological polar surface area (TPSA) is 94.1 Å². The molecule has 0 aliphatic carbocycles. The highest BCUT2D eigenvalue weighted by Crippen LogP contribution is 2.24. The molecule has 0 spiro atoms. The molecule has 0 saturated heterocycles. The van der Waals surface area contributed by atoms with Gasteiger partial charge in [-0.25, -0.2) is 14.0 Å². The summed E-state index contributed by atoms with van der Waals surface area (Å²) in [6.45, 7) is 7.06. The van der Waals surface area contributed by atoms with E-state index in [-0.39, 0.29) is 30.9 Å². The summed E-state index contributed by atoms with van der Waals surface area (Å²) in [5.74, 6) is -1.20. The van der Waals surface area contributed by atoms with Crippen molar-refractivity contribution < 1.29 is 33.3 Å². The normalized spacial score (nSPS) is 14.8. The molecule has 2 aromatic rings. The Morgan fingerprint density at radius 1 is 1.00 bits per heavy atom. The summed E-state index contributed by atoms with van der Waals surface area (Å²) in [5, 5.41) is 13.2. The average molecular weight is 518 g/mol. The van der Waals surface area contributed by atoms with E-state index >= 15 is 0 Å². The highest BCUT2D eigenvalue weighted by atomic mass is 19.1. The first-order chi connectivity index (χ1) is 17.5. The van der Waals surface area contributed by atoms with Gasteiger partial charge in [-0.15, -0.1) is 0 Å². The predicted octanol–water partition coefficient (Wildman–Crippen LogP) is 4.84. The Bertz CT molecular complexity index is 959. The van der Waals surface area contributed by atoms with Gasteiger partial charge in [0.25, 0.3) is 0 Å². The van der Waals surface area contributed by atoms with Crippen molar-refractivity contribution >= 4 is 12.1 Å². The molecule has 0 fully saturated rings. The number of hydrogen-bond donors (Lipinski definition) is 2. The summed E-state index contributed by atoms with van der Waals surface area (Å²) in [4.78, 5) is 24.5. The van der Waals surface area contributed by atoms with Gasteiger partial charge in [0, 0.05) is 18.9 Å². The maximum absolute atomic E-state index is 13.4. The van der Waals surface area contributed by atoms with Crippen LogP contribution in [0.25, 0.3) is 0 Å². The number of rotatable bonds is 13. The minimum atomic E-state index is -0.947. The molecule has 37 heavy (non-hydrogen) atoms. The van der Waals surface area contributed by atoms with Crippen LogP contribution in [-0.2, 0) is 31.8 Å². The van der Waals surface area contributed by atoms with E-state index in [1.165, 1.54) is 19.2 Å². The van der Waals surface area contributed by atoms with Gasteiger partial charge in [0.2, 0.25) is 0 Å². The van der Waals surface area contributed by atoms with E-state index in [4.69, 9.17) is 14.2 Å². The third kappa shape index (κ3) is 11.3. The predicted molar refractivity (Wildman–Crippen MR) is 140 cm³/mol. The molecule has 0 radical (unpaired) electrons. The second-order valence-corrected chi connectivity index (χ2v) is 10.2. The van der Waals surface area contributed by atoms with Crippen LogP contribution in [0.2, 0.25) is 0 Å². The Morgan fingerprint density at radius 2 is 1.65 bits per heavy atom. The molecule has 8 heteroatoms. The van der Waals surface area contributed by atoms with E-state index in [1.54, 1.807) is 39.8 Å². The minimum absolute atomic E-state index is 0.141. The number of esters is 1. The number of benzene rings is 2. The van der Waals surface area contributed by atoms with Gasteiger partial charge in [0.15, 0.2) is 0 Å². The first kappa shape index (κ1) is 30.3. The SMILES string of the molecule is COC(=O)C(CCO[C@H](CCc1ccccc1)[C@@H](Cc1ccc(F)cc1)[C@H](C)O)NC(=O)OC(C)(C)C. The van der Waals surface area contributed by atoms with Crippen LogP contribution in [0.15, 0.2) is 54.6 Å². The fourth-order valence-electron chi connectivity index (χ4n) is 4.06. The smallest absolute Gasteiger partial charge is 0.408 e. The Balaban J connectivity index is 2.13. The number of methoxy groups -OCH3 is 1. The average Bonchev–Trinajstić information content (AvgIpc) is 2.84. The lowest BCUT2D eigenvalue weighted by Crippen LogP contribution is -2.45. The molecular weight excluding hydrogens is 477 g/mol. The van der Waals surface area contributed by atoms with Crippen molar-refractivity contribution in [3.05, 3.63) is 71.5 Å². The number of aliphatic hydroxyl groups is 1. The van der Waals surface area contributed by atoms with Crippen molar-refractivity contribution in [2.45, 2.75) is 77.2 Å². The standard InChI is InChI=1S/C29H40FNO6/c1-20(32)24(19-22-11-14-23(30)15-12-22)26(16-13-21-9-7-6-8-10-21)36-18-17-25(27(33)35-5)31-28(34)37-29(2,3)4/h6-12,14-15,20,24-26,32H,13,16-19H2,1-5H3,(H,31,34)/t20-,24-,25?,26+/m0/s1. The zero-order valence-electron chi connectivity index (χ0n) is 22.4. The molecule has 0 saturated carbocycles. The molecular formula is C29H40FNO6. The quantitative estimate of drug-likeness (QED) is 0.369. The van der Waals surface area contributed by atoms with Gasteiger partial charge >= 0.3 is 12.1 Å². The lowest BCUT2D eigenvalue weighted by molar-refractivity contribution is -0.144. The molecule has 204 valence electrons. The second kappa shape index (κ2) is 14.7. The number of aliphatic hydroxyl groups excluding tert-OH is 1. The van der Waals surface area contributed by atoms with E-state index in [1.807, 2.05) is 30.3 Å². The highest BCUT2D eigenvalue weighted by molar-refractivity contribution is 5.81. The molecule has 0 aliphatic heterocycles. The summed E-state index contributed by atoms with van der Waals surface area (Å²) < 4.78 is 29.8. The number of ether oxygens (including phenoxy) is 3. The summed E-state index contributed by atoms with van der Waals surface area (Å²) in [5.41, 5.74) is 1.31. The molecule has 0 aliphatic rings. The number of halogens is 1. The van der Waals surface area contributed by atoms with Crippen molar-refractivity contribution in [3.8, 4) is 0 Å². The van der Waals surface area contributed by atoms with Gasteiger partial charge in [0.05, 0.1) is 19.3 Å². The van der Waals surface area contributed by atoms with Gasteiger partial charge in [-0.05, 0) is 70.2 Å². The Labute approximate surface area is 219 Å². The first-order valence-electron chi connectivity index (χ1n) is 12.6. The van der Waals surface area contributed by atoms with Crippen LogP contribution < -0.4 is 5.32 Å².